The summed E-state index contributed by atoms with van der Waals surface area (Å²) in [5.74, 6) is 0. The molecule has 1 fully saturated rings. The van der Waals surface area contributed by atoms with E-state index in [2.05, 4.69) is 68.3 Å². The van der Waals surface area contributed by atoms with Gasteiger partial charge in [-0.25, -0.2) is 4.79 Å². The van der Waals surface area contributed by atoms with Gasteiger partial charge in [-0.05, 0) is 50.9 Å². The van der Waals surface area contributed by atoms with Gasteiger partial charge in [0.15, 0.2) is 8.32 Å². The van der Waals surface area contributed by atoms with Gasteiger partial charge in [0.2, 0.25) is 0 Å². The average molecular weight is 421 g/mol. The molecular weight excluding hydrogens is 380 g/mol. The Hall–Kier alpha value is -1.37. The maximum absolute atomic E-state index is 12.4. The van der Waals surface area contributed by atoms with Crippen molar-refractivity contribution in [1.29, 1.82) is 0 Å². The van der Waals surface area contributed by atoms with E-state index in [1.807, 2.05) is 26.8 Å². The molecule has 2 atom stereocenters. The topological polar surface area (TPSA) is 50.8 Å². The third-order valence-corrected chi connectivity index (χ3v) is 10.3. The highest BCUT2D eigenvalue weighted by Gasteiger charge is 2.41. The zero-order valence-corrected chi connectivity index (χ0v) is 20.5. The molecule has 1 aromatic rings. The Kier molecular flexibility index (Phi) is 7.57. The second-order valence-corrected chi connectivity index (χ2v) is 15.5. The van der Waals surface area contributed by atoms with Crippen molar-refractivity contribution < 1.29 is 14.0 Å². The van der Waals surface area contributed by atoms with Crippen molar-refractivity contribution in [3.05, 3.63) is 35.9 Å². The van der Waals surface area contributed by atoms with E-state index in [0.29, 0.717) is 0 Å². The maximum Gasteiger partial charge on any atom is 0.407 e. The summed E-state index contributed by atoms with van der Waals surface area (Å²) in [5.41, 5.74) is 0.774. The largest absolute Gasteiger partial charge is 0.444 e. The average Bonchev–Trinajstić information content (AvgIpc) is 2.52. The highest BCUT2D eigenvalue weighted by atomic mass is 28.4. The number of hydrogen-bond donors (Lipinski definition) is 1. The molecular formula is C23H40N2O3Si. The number of hydrogen-bond acceptors (Lipinski definition) is 4. The van der Waals surface area contributed by atoms with E-state index in [1.54, 1.807) is 0 Å². The number of nitrogens with zero attached hydrogens (tertiary/aromatic N) is 1. The van der Waals surface area contributed by atoms with E-state index >= 15 is 0 Å². The molecule has 0 spiro atoms. The lowest BCUT2D eigenvalue weighted by atomic mass is 10.0. The molecule has 0 bridgehead atoms. The van der Waals surface area contributed by atoms with Crippen LogP contribution < -0.4 is 5.32 Å². The summed E-state index contributed by atoms with van der Waals surface area (Å²) in [6, 6.07) is 10.5. The molecule has 2 rings (SSSR count). The molecule has 1 saturated heterocycles. The summed E-state index contributed by atoms with van der Waals surface area (Å²) >= 11 is 0. The van der Waals surface area contributed by atoms with Crippen molar-refractivity contribution in [2.45, 2.75) is 90.4 Å². The van der Waals surface area contributed by atoms with Gasteiger partial charge in [-0.1, -0.05) is 51.1 Å². The van der Waals surface area contributed by atoms with Crippen molar-refractivity contribution in [3.63, 3.8) is 0 Å². The van der Waals surface area contributed by atoms with Crippen molar-refractivity contribution >= 4 is 14.4 Å². The third-order valence-electron chi connectivity index (χ3n) is 5.73. The van der Waals surface area contributed by atoms with Crippen LogP contribution in [0.25, 0.3) is 0 Å². The first-order valence-corrected chi connectivity index (χ1v) is 13.6. The fourth-order valence-corrected chi connectivity index (χ4v) is 4.73. The van der Waals surface area contributed by atoms with Crippen molar-refractivity contribution in [2.24, 2.45) is 0 Å². The van der Waals surface area contributed by atoms with Crippen molar-refractivity contribution in [1.82, 2.24) is 10.2 Å². The van der Waals surface area contributed by atoms with Gasteiger partial charge in [0.25, 0.3) is 0 Å². The number of carbonyl (C=O) groups is 1. The lowest BCUT2D eigenvalue weighted by molar-refractivity contribution is 0.0323. The minimum absolute atomic E-state index is 0.0112. The lowest BCUT2D eigenvalue weighted by Crippen LogP contribution is -2.56. The molecule has 0 aliphatic carbocycles. The summed E-state index contributed by atoms with van der Waals surface area (Å²) in [4.78, 5) is 14.7. The minimum Gasteiger partial charge on any atom is -0.444 e. The number of amides is 1. The number of likely N-dealkylation sites (tertiary alicyclic amines) is 1. The fourth-order valence-electron chi connectivity index (χ4n) is 3.37. The van der Waals surface area contributed by atoms with Crippen LogP contribution in [-0.4, -0.2) is 50.1 Å². The van der Waals surface area contributed by atoms with E-state index < -0.39 is 13.9 Å². The predicted octanol–water partition coefficient (Wildman–Crippen LogP) is 5.18. The van der Waals surface area contributed by atoms with Crippen molar-refractivity contribution in [2.75, 3.05) is 13.1 Å². The monoisotopic (exact) mass is 420 g/mol. The van der Waals surface area contributed by atoms with E-state index in [1.165, 1.54) is 5.56 Å². The standard InChI is InChI=1S/C23H40N2O3Si/c1-22(2,3)27-21(26)24-19-14-20(28-29(7,8)23(4,5)6)17-25(16-19)15-18-12-10-9-11-13-18/h9-13,19-20H,14-17H2,1-8H3,(H,24,26). The van der Waals surface area contributed by atoms with Gasteiger partial charge < -0.3 is 14.5 Å². The highest BCUT2D eigenvalue weighted by Crippen LogP contribution is 2.38. The van der Waals surface area contributed by atoms with Crippen LogP contribution >= 0.6 is 0 Å². The van der Waals surface area contributed by atoms with Crippen LogP contribution in [0.2, 0.25) is 18.1 Å². The SMILES string of the molecule is CC(C)(C)OC(=O)NC1CC(O[Si](C)(C)C(C)(C)C)CN(Cc2ccccc2)C1. The molecule has 1 aromatic carbocycles. The molecule has 0 radical (unpaired) electrons. The Bertz CT molecular complexity index is 665. The van der Waals surface area contributed by atoms with Crippen molar-refractivity contribution in [3.8, 4) is 0 Å². The zero-order chi connectivity index (χ0) is 21.9. The molecule has 1 aliphatic rings. The molecule has 0 saturated carbocycles. The Morgan fingerprint density at radius 2 is 1.72 bits per heavy atom. The number of nitrogens with one attached hydrogen (secondary N) is 1. The molecule has 1 aliphatic heterocycles. The van der Waals surface area contributed by atoms with Gasteiger partial charge in [-0.2, -0.15) is 0 Å². The quantitative estimate of drug-likeness (QED) is 0.667. The predicted molar refractivity (Wildman–Crippen MR) is 122 cm³/mol. The molecule has 6 heteroatoms. The van der Waals surface area contributed by atoms with E-state index in [9.17, 15) is 4.79 Å². The van der Waals surface area contributed by atoms with Gasteiger partial charge in [0.05, 0.1) is 6.10 Å². The lowest BCUT2D eigenvalue weighted by Gasteiger charge is -2.44. The molecule has 5 nitrogen and oxygen atoms in total. The zero-order valence-electron chi connectivity index (χ0n) is 19.5. The molecule has 1 heterocycles. The second-order valence-electron chi connectivity index (χ2n) is 10.8. The number of piperidine rings is 1. The van der Waals surface area contributed by atoms with Gasteiger partial charge in [-0.3, -0.25) is 4.90 Å². The normalized spacial score (nSPS) is 21.7. The Labute approximate surface area is 178 Å². The molecule has 0 aromatic heterocycles. The van der Waals surface area contributed by atoms with Crippen LogP contribution in [0.4, 0.5) is 4.79 Å². The van der Waals surface area contributed by atoms with E-state index in [4.69, 9.17) is 9.16 Å². The van der Waals surface area contributed by atoms with Crippen LogP contribution in [0, 0.1) is 0 Å². The van der Waals surface area contributed by atoms with Crippen LogP contribution in [0.15, 0.2) is 30.3 Å². The molecule has 2 unspecified atom stereocenters. The Balaban J connectivity index is 2.11. The van der Waals surface area contributed by atoms with Gasteiger partial charge in [-0.15, -0.1) is 0 Å². The van der Waals surface area contributed by atoms with Crippen LogP contribution in [0.3, 0.4) is 0 Å². The smallest absolute Gasteiger partial charge is 0.407 e. The Morgan fingerprint density at radius 3 is 2.28 bits per heavy atom. The number of benzene rings is 1. The van der Waals surface area contributed by atoms with E-state index in [-0.39, 0.29) is 23.3 Å². The number of carbonyl (C=O) groups excluding carboxylic acids is 1. The molecule has 1 N–H and O–H groups in total. The first kappa shape index (κ1) is 23.9. The third kappa shape index (κ3) is 7.76. The summed E-state index contributed by atoms with van der Waals surface area (Å²) < 4.78 is 12.2. The van der Waals surface area contributed by atoms with Crippen LogP contribution in [0.5, 0.6) is 0 Å². The summed E-state index contributed by atoms with van der Waals surface area (Å²) in [6.07, 6.45) is 0.570. The summed E-state index contributed by atoms with van der Waals surface area (Å²) in [7, 11) is -1.89. The second kappa shape index (κ2) is 9.19. The van der Waals surface area contributed by atoms with E-state index in [0.717, 1.165) is 26.1 Å². The van der Waals surface area contributed by atoms with Gasteiger partial charge >= 0.3 is 6.09 Å². The van der Waals surface area contributed by atoms with Gasteiger partial charge in [0, 0.05) is 25.7 Å². The highest BCUT2D eigenvalue weighted by molar-refractivity contribution is 6.74. The maximum atomic E-state index is 12.4. The molecule has 29 heavy (non-hydrogen) atoms. The summed E-state index contributed by atoms with van der Waals surface area (Å²) in [6.45, 7) is 19.6. The fraction of sp³-hybridized carbons (Fsp3) is 0.696. The molecule has 1 amide bonds. The minimum atomic E-state index is -1.89. The van der Waals surface area contributed by atoms with Crippen LogP contribution in [-0.2, 0) is 15.7 Å². The number of ether oxygens (including phenoxy) is 1. The number of rotatable bonds is 5. The van der Waals surface area contributed by atoms with Crippen LogP contribution in [0.1, 0.15) is 53.5 Å². The Morgan fingerprint density at radius 1 is 1.10 bits per heavy atom. The molecule has 164 valence electrons. The van der Waals surface area contributed by atoms with Gasteiger partial charge in [0.1, 0.15) is 5.60 Å². The number of alkyl carbamates (subject to hydrolysis) is 1. The first-order chi connectivity index (χ1) is 13.2. The first-order valence-electron chi connectivity index (χ1n) is 10.7. The summed E-state index contributed by atoms with van der Waals surface area (Å²) in [5, 5.41) is 3.23.